The van der Waals surface area contributed by atoms with Crippen molar-refractivity contribution in [2.45, 2.75) is 0 Å². The fourth-order valence-electron chi connectivity index (χ4n) is 1.81. The summed E-state index contributed by atoms with van der Waals surface area (Å²) in [5, 5.41) is 9.10. The Morgan fingerprint density at radius 3 is 2.47 bits per heavy atom. The number of hydrogen-bond acceptors (Lipinski definition) is 3. The van der Waals surface area contributed by atoms with Gasteiger partial charge in [-0.05, 0) is 11.6 Å². The summed E-state index contributed by atoms with van der Waals surface area (Å²) in [6.07, 6.45) is 0. The topological polar surface area (TPSA) is 50.1 Å². The van der Waals surface area contributed by atoms with Crippen molar-refractivity contribution >= 4 is 5.97 Å². The summed E-state index contributed by atoms with van der Waals surface area (Å²) in [4.78, 5) is 11.4. The SMILES string of the molecule is COC(=O)c1ccc(-c2ccccc2)c(C#N)c1F. The Balaban J connectivity index is 2.64. The number of rotatable bonds is 2. The number of halogens is 1. The normalized spacial score (nSPS) is 9.74. The lowest BCUT2D eigenvalue weighted by molar-refractivity contribution is 0.0595. The van der Waals surface area contributed by atoms with E-state index in [9.17, 15) is 9.18 Å². The maximum atomic E-state index is 14.1. The smallest absolute Gasteiger partial charge is 0.340 e. The van der Waals surface area contributed by atoms with Crippen LogP contribution in [0, 0.1) is 17.1 Å². The van der Waals surface area contributed by atoms with E-state index in [4.69, 9.17) is 5.26 Å². The van der Waals surface area contributed by atoms with Crippen LogP contribution in [-0.2, 0) is 4.74 Å². The molecule has 3 nitrogen and oxygen atoms in total. The van der Waals surface area contributed by atoms with E-state index in [0.29, 0.717) is 5.56 Å². The predicted octanol–water partition coefficient (Wildman–Crippen LogP) is 3.15. The van der Waals surface area contributed by atoms with Gasteiger partial charge in [0.15, 0.2) is 5.82 Å². The number of esters is 1. The molecule has 0 fully saturated rings. The lowest BCUT2D eigenvalue weighted by Crippen LogP contribution is -2.06. The van der Waals surface area contributed by atoms with Crippen molar-refractivity contribution in [3.05, 3.63) is 59.4 Å². The summed E-state index contributed by atoms with van der Waals surface area (Å²) in [5.74, 6) is -1.65. The Morgan fingerprint density at radius 1 is 1.21 bits per heavy atom. The number of carbonyl (C=O) groups is 1. The first-order valence-corrected chi connectivity index (χ1v) is 5.55. The minimum Gasteiger partial charge on any atom is -0.465 e. The average molecular weight is 255 g/mol. The van der Waals surface area contributed by atoms with E-state index in [2.05, 4.69) is 4.74 Å². The predicted molar refractivity (Wildman–Crippen MR) is 67.9 cm³/mol. The molecule has 0 aliphatic rings. The summed E-state index contributed by atoms with van der Waals surface area (Å²) < 4.78 is 18.6. The van der Waals surface area contributed by atoms with Gasteiger partial charge in [-0.3, -0.25) is 0 Å². The molecule has 0 spiro atoms. The zero-order valence-electron chi connectivity index (χ0n) is 10.2. The van der Waals surface area contributed by atoms with Crippen molar-refractivity contribution < 1.29 is 13.9 Å². The van der Waals surface area contributed by atoms with E-state index in [0.717, 1.165) is 5.56 Å². The molecule has 2 aromatic rings. The Hall–Kier alpha value is -2.67. The Morgan fingerprint density at radius 2 is 1.89 bits per heavy atom. The minimum atomic E-state index is -0.851. The van der Waals surface area contributed by atoms with Crippen LogP contribution in [0.15, 0.2) is 42.5 Å². The van der Waals surface area contributed by atoms with Gasteiger partial charge in [0, 0.05) is 5.56 Å². The molecule has 0 radical (unpaired) electrons. The number of methoxy groups -OCH3 is 1. The third-order valence-electron chi connectivity index (χ3n) is 2.74. The second-order valence-electron chi connectivity index (χ2n) is 3.82. The largest absolute Gasteiger partial charge is 0.465 e. The summed E-state index contributed by atoms with van der Waals surface area (Å²) in [6, 6.07) is 13.6. The second-order valence-corrected chi connectivity index (χ2v) is 3.82. The fourth-order valence-corrected chi connectivity index (χ4v) is 1.81. The van der Waals surface area contributed by atoms with Crippen molar-refractivity contribution in [1.29, 1.82) is 5.26 Å². The summed E-state index contributed by atoms with van der Waals surface area (Å²) in [5.41, 5.74) is 0.774. The number of ether oxygens (including phenoxy) is 1. The first kappa shape index (κ1) is 12.8. The van der Waals surface area contributed by atoms with Crippen molar-refractivity contribution in [2.75, 3.05) is 7.11 Å². The van der Waals surface area contributed by atoms with Crippen LogP contribution in [0.1, 0.15) is 15.9 Å². The highest BCUT2D eigenvalue weighted by Gasteiger charge is 2.19. The highest BCUT2D eigenvalue weighted by molar-refractivity contribution is 5.91. The van der Waals surface area contributed by atoms with Crippen LogP contribution in [0.2, 0.25) is 0 Å². The Labute approximate surface area is 109 Å². The van der Waals surface area contributed by atoms with Crippen LogP contribution in [0.4, 0.5) is 4.39 Å². The van der Waals surface area contributed by atoms with Crippen molar-refractivity contribution in [3.8, 4) is 17.2 Å². The highest BCUT2D eigenvalue weighted by Crippen LogP contribution is 2.27. The van der Waals surface area contributed by atoms with Gasteiger partial charge in [-0.25, -0.2) is 9.18 Å². The average Bonchev–Trinajstić information content (AvgIpc) is 2.47. The van der Waals surface area contributed by atoms with Crippen LogP contribution >= 0.6 is 0 Å². The van der Waals surface area contributed by atoms with Gasteiger partial charge in [0.2, 0.25) is 0 Å². The molecule has 0 unspecified atom stereocenters. The van der Waals surface area contributed by atoms with Gasteiger partial charge in [-0.1, -0.05) is 36.4 Å². The molecule has 0 aromatic heterocycles. The summed E-state index contributed by atoms with van der Waals surface area (Å²) >= 11 is 0. The summed E-state index contributed by atoms with van der Waals surface area (Å²) in [7, 11) is 1.17. The molecule has 0 saturated heterocycles. The van der Waals surface area contributed by atoms with Gasteiger partial charge in [0.05, 0.1) is 18.2 Å². The van der Waals surface area contributed by atoms with Crippen LogP contribution < -0.4 is 0 Å². The molecule has 0 N–H and O–H groups in total. The molecule has 0 bridgehead atoms. The molecular formula is C15H10FNO2. The van der Waals surface area contributed by atoms with E-state index >= 15 is 0 Å². The molecule has 94 valence electrons. The number of hydrogen-bond donors (Lipinski definition) is 0. The van der Waals surface area contributed by atoms with Gasteiger partial charge >= 0.3 is 5.97 Å². The number of benzene rings is 2. The summed E-state index contributed by atoms with van der Waals surface area (Å²) in [6.45, 7) is 0. The third-order valence-corrected chi connectivity index (χ3v) is 2.74. The van der Waals surface area contributed by atoms with E-state index in [1.54, 1.807) is 36.4 Å². The van der Waals surface area contributed by atoms with Crippen molar-refractivity contribution in [2.24, 2.45) is 0 Å². The Bertz CT molecular complexity index is 660. The number of nitrogens with zero attached hydrogens (tertiary/aromatic N) is 1. The molecule has 0 aliphatic heterocycles. The maximum Gasteiger partial charge on any atom is 0.340 e. The molecule has 0 aliphatic carbocycles. The maximum absolute atomic E-state index is 14.1. The molecule has 0 saturated carbocycles. The van der Waals surface area contributed by atoms with Gasteiger partial charge in [0.25, 0.3) is 0 Å². The Kier molecular flexibility index (Phi) is 3.58. The molecule has 0 atom stereocenters. The zero-order valence-corrected chi connectivity index (χ0v) is 10.2. The number of carbonyl (C=O) groups excluding carboxylic acids is 1. The van der Waals surface area contributed by atoms with Gasteiger partial charge in [-0.15, -0.1) is 0 Å². The third kappa shape index (κ3) is 2.31. The van der Waals surface area contributed by atoms with Gasteiger partial charge < -0.3 is 4.74 Å². The zero-order chi connectivity index (χ0) is 13.8. The van der Waals surface area contributed by atoms with E-state index in [1.165, 1.54) is 13.2 Å². The van der Waals surface area contributed by atoms with Crippen LogP contribution in [-0.4, -0.2) is 13.1 Å². The number of nitriles is 1. The van der Waals surface area contributed by atoms with E-state index in [1.807, 2.05) is 6.07 Å². The second kappa shape index (κ2) is 5.32. The molecule has 2 rings (SSSR count). The van der Waals surface area contributed by atoms with Crippen molar-refractivity contribution in [3.63, 3.8) is 0 Å². The lowest BCUT2D eigenvalue weighted by Gasteiger charge is -2.08. The molecular weight excluding hydrogens is 245 g/mol. The monoisotopic (exact) mass is 255 g/mol. The molecule has 0 heterocycles. The fraction of sp³-hybridized carbons (Fsp3) is 0.0667. The molecule has 0 amide bonds. The van der Waals surface area contributed by atoms with Crippen molar-refractivity contribution in [1.82, 2.24) is 0 Å². The minimum absolute atomic E-state index is 0.158. The van der Waals surface area contributed by atoms with Crippen LogP contribution in [0.25, 0.3) is 11.1 Å². The van der Waals surface area contributed by atoms with Gasteiger partial charge in [-0.2, -0.15) is 5.26 Å². The molecule has 4 heteroatoms. The highest BCUT2D eigenvalue weighted by atomic mass is 19.1. The molecule has 2 aromatic carbocycles. The quantitative estimate of drug-likeness (QED) is 0.774. The van der Waals surface area contributed by atoms with E-state index < -0.39 is 11.8 Å². The lowest BCUT2D eigenvalue weighted by atomic mass is 9.97. The standard InChI is InChI=1S/C15H10FNO2/c1-19-15(18)12-8-7-11(13(9-17)14(12)16)10-5-3-2-4-6-10/h2-8H,1H3. The van der Waals surface area contributed by atoms with Crippen LogP contribution in [0.3, 0.4) is 0 Å². The van der Waals surface area contributed by atoms with E-state index in [-0.39, 0.29) is 11.1 Å². The van der Waals surface area contributed by atoms with Gasteiger partial charge in [0.1, 0.15) is 6.07 Å². The first-order valence-electron chi connectivity index (χ1n) is 5.55. The van der Waals surface area contributed by atoms with Crippen LogP contribution in [0.5, 0.6) is 0 Å². The molecule has 19 heavy (non-hydrogen) atoms. The first-order chi connectivity index (χ1) is 9.19.